The minimum Gasteiger partial charge on any atom is -0.481 e. The van der Waals surface area contributed by atoms with Gasteiger partial charge < -0.3 is 5.11 Å². The Labute approximate surface area is 113 Å². The van der Waals surface area contributed by atoms with Crippen molar-refractivity contribution in [2.24, 2.45) is 11.8 Å². The summed E-state index contributed by atoms with van der Waals surface area (Å²) >= 11 is 0. The Morgan fingerprint density at radius 3 is 2.68 bits per heavy atom. The van der Waals surface area contributed by atoms with E-state index in [9.17, 15) is 14.3 Å². The van der Waals surface area contributed by atoms with Gasteiger partial charge in [0.25, 0.3) is 0 Å². The van der Waals surface area contributed by atoms with Crippen LogP contribution in [0.2, 0.25) is 0 Å². The van der Waals surface area contributed by atoms with Gasteiger partial charge in [-0.25, -0.2) is 4.39 Å². The Kier molecular flexibility index (Phi) is 4.23. The van der Waals surface area contributed by atoms with Gasteiger partial charge in [0, 0.05) is 0 Å². The molecule has 2 nitrogen and oxygen atoms in total. The minimum absolute atomic E-state index is 0.0504. The van der Waals surface area contributed by atoms with Crippen LogP contribution >= 0.6 is 0 Å². The molecular weight excluding hydrogens is 243 g/mol. The van der Waals surface area contributed by atoms with Crippen molar-refractivity contribution in [2.75, 3.05) is 0 Å². The summed E-state index contributed by atoms with van der Waals surface area (Å²) in [6.45, 7) is 3.99. The van der Waals surface area contributed by atoms with Crippen LogP contribution in [0.25, 0.3) is 0 Å². The highest BCUT2D eigenvalue weighted by Gasteiger charge is 2.35. The zero-order valence-corrected chi connectivity index (χ0v) is 11.5. The second-order valence-corrected chi connectivity index (χ2v) is 5.70. The Balaban J connectivity index is 2.32. The topological polar surface area (TPSA) is 37.3 Å². The third-order valence-corrected chi connectivity index (χ3v) is 4.35. The number of benzene rings is 1. The van der Waals surface area contributed by atoms with Gasteiger partial charge in [-0.2, -0.15) is 0 Å². The van der Waals surface area contributed by atoms with E-state index in [4.69, 9.17) is 0 Å². The molecule has 1 aliphatic rings. The van der Waals surface area contributed by atoms with Crippen LogP contribution < -0.4 is 0 Å². The van der Waals surface area contributed by atoms with Gasteiger partial charge in [-0.3, -0.25) is 4.79 Å². The number of carboxylic acids is 1. The average Bonchev–Trinajstić information content (AvgIpc) is 2.36. The summed E-state index contributed by atoms with van der Waals surface area (Å²) in [7, 11) is 0. The van der Waals surface area contributed by atoms with Gasteiger partial charge in [-0.1, -0.05) is 19.4 Å². The highest BCUT2D eigenvalue weighted by Crippen LogP contribution is 2.42. The lowest BCUT2D eigenvalue weighted by Gasteiger charge is -2.34. The number of aliphatic carboxylic acids is 1. The molecule has 0 saturated heterocycles. The van der Waals surface area contributed by atoms with Crippen molar-refractivity contribution in [1.29, 1.82) is 0 Å². The van der Waals surface area contributed by atoms with Crippen LogP contribution in [0.5, 0.6) is 0 Å². The van der Waals surface area contributed by atoms with Crippen molar-refractivity contribution < 1.29 is 14.3 Å². The maximum atomic E-state index is 13.5. The van der Waals surface area contributed by atoms with Gasteiger partial charge in [-0.05, 0) is 61.3 Å². The number of hydrogen-bond acceptors (Lipinski definition) is 1. The molecule has 0 spiro atoms. The molecule has 0 aromatic heterocycles. The second kappa shape index (κ2) is 5.72. The monoisotopic (exact) mass is 264 g/mol. The Morgan fingerprint density at radius 1 is 1.37 bits per heavy atom. The van der Waals surface area contributed by atoms with Crippen LogP contribution in [0.3, 0.4) is 0 Å². The number of rotatable bonds is 3. The second-order valence-electron chi connectivity index (χ2n) is 5.70. The third kappa shape index (κ3) is 3.14. The lowest BCUT2D eigenvalue weighted by atomic mass is 9.70. The molecule has 0 amide bonds. The molecule has 1 aliphatic carbocycles. The van der Waals surface area contributed by atoms with Crippen molar-refractivity contribution >= 4 is 5.97 Å². The van der Waals surface area contributed by atoms with E-state index in [-0.39, 0.29) is 17.7 Å². The first-order chi connectivity index (χ1) is 9.01. The van der Waals surface area contributed by atoms with Crippen molar-refractivity contribution in [3.63, 3.8) is 0 Å². The normalized spacial score (nSPS) is 27.2. The number of carboxylic acid groups (broad SMARTS) is 1. The van der Waals surface area contributed by atoms with Crippen LogP contribution in [0, 0.1) is 24.6 Å². The SMILES string of the molecule is CCC1CCC(C(=O)O)C(c2cc(C)cc(F)c2)C1. The summed E-state index contributed by atoms with van der Waals surface area (Å²) in [5, 5.41) is 9.37. The first kappa shape index (κ1) is 14.0. The lowest BCUT2D eigenvalue weighted by Crippen LogP contribution is -2.29. The van der Waals surface area contributed by atoms with Gasteiger partial charge in [0.15, 0.2) is 0 Å². The Hall–Kier alpha value is -1.38. The van der Waals surface area contributed by atoms with Crippen LogP contribution in [-0.4, -0.2) is 11.1 Å². The van der Waals surface area contributed by atoms with E-state index < -0.39 is 5.97 Å². The van der Waals surface area contributed by atoms with Crippen LogP contribution in [-0.2, 0) is 4.79 Å². The van der Waals surface area contributed by atoms with Crippen molar-refractivity contribution in [3.8, 4) is 0 Å². The molecule has 2 rings (SSSR count). The van der Waals surface area contributed by atoms with Crippen molar-refractivity contribution in [1.82, 2.24) is 0 Å². The predicted molar refractivity (Wildman–Crippen MR) is 72.6 cm³/mol. The summed E-state index contributed by atoms with van der Waals surface area (Å²) in [6, 6.07) is 4.92. The predicted octanol–water partition coefficient (Wildman–Crippen LogP) is 4.13. The molecule has 1 fully saturated rings. The van der Waals surface area contributed by atoms with E-state index in [0.717, 1.165) is 30.4 Å². The van der Waals surface area contributed by atoms with E-state index in [2.05, 4.69) is 6.92 Å². The molecule has 3 unspecified atom stereocenters. The molecule has 1 N–H and O–H groups in total. The molecule has 0 aliphatic heterocycles. The highest BCUT2D eigenvalue weighted by molar-refractivity contribution is 5.71. The summed E-state index contributed by atoms with van der Waals surface area (Å²) in [5.41, 5.74) is 1.71. The zero-order valence-electron chi connectivity index (χ0n) is 11.5. The molecular formula is C16H21FO2. The molecule has 104 valence electrons. The van der Waals surface area contributed by atoms with Gasteiger partial charge in [0.1, 0.15) is 5.82 Å². The van der Waals surface area contributed by atoms with E-state index in [1.165, 1.54) is 12.1 Å². The quantitative estimate of drug-likeness (QED) is 0.891. The largest absolute Gasteiger partial charge is 0.481 e. The summed E-state index contributed by atoms with van der Waals surface area (Å²) in [4.78, 5) is 11.4. The smallest absolute Gasteiger partial charge is 0.307 e. The molecule has 3 atom stereocenters. The fourth-order valence-electron chi connectivity index (χ4n) is 3.27. The van der Waals surface area contributed by atoms with Crippen molar-refractivity contribution in [3.05, 3.63) is 35.1 Å². The number of hydrogen-bond donors (Lipinski definition) is 1. The van der Waals surface area contributed by atoms with Crippen LogP contribution in [0.15, 0.2) is 18.2 Å². The van der Waals surface area contributed by atoms with Gasteiger partial charge >= 0.3 is 5.97 Å². The van der Waals surface area contributed by atoms with E-state index in [1.807, 2.05) is 13.0 Å². The summed E-state index contributed by atoms with van der Waals surface area (Å²) in [5.74, 6) is -0.877. The molecule has 0 heterocycles. The molecule has 0 radical (unpaired) electrons. The van der Waals surface area contributed by atoms with Crippen LogP contribution in [0.1, 0.15) is 49.7 Å². The van der Waals surface area contributed by atoms with Gasteiger partial charge in [-0.15, -0.1) is 0 Å². The number of aryl methyl sites for hydroxylation is 1. The standard InChI is InChI=1S/C16H21FO2/c1-3-11-4-5-14(16(18)19)15(8-11)12-6-10(2)7-13(17)9-12/h6-7,9,11,14-15H,3-5,8H2,1-2H3,(H,18,19). The van der Waals surface area contributed by atoms with Gasteiger partial charge in [0.05, 0.1) is 5.92 Å². The van der Waals surface area contributed by atoms with Crippen molar-refractivity contribution in [2.45, 2.75) is 45.4 Å². The summed E-state index contributed by atoms with van der Waals surface area (Å²) < 4.78 is 13.5. The molecule has 3 heteroatoms. The number of halogens is 1. The first-order valence-electron chi connectivity index (χ1n) is 7.01. The fourth-order valence-corrected chi connectivity index (χ4v) is 3.27. The number of carbonyl (C=O) groups is 1. The first-order valence-corrected chi connectivity index (χ1v) is 7.01. The zero-order chi connectivity index (χ0) is 14.0. The van der Waals surface area contributed by atoms with Gasteiger partial charge in [0.2, 0.25) is 0 Å². The van der Waals surface area contributed by atoms with E-state index >= 15 is 0 Å². The Bertz CT molecular complexity index is 450. The lowest BCUT2D eigenvalue weighted by molar-refractivity contribution is -0.143. The van der Waals surface area contributed by atoms with E-state index in [0.29, 0.717) is 12.3 Å². The molecule has 1 saturated carbocycles. The third-order valence-electron chi connectivity index (χ3n) is 4.35. The fraction of sp³-hybridized carbons (Fsp3) is 0.562. The average molecular weight is 264 g/mol. The maximum Gasteiger partial charge on any atom is 0.307 e. The minimum atomic E-state index is -0.749. The summed E-state index contributed by atoms with van der Waals surface area (Å²) in [6.07, 6.45) is 3.60. The van der Waals surface area contributed by atoms with Crippen LogP contribution in [0.4, 0.5) is 4.39 Å². The Morgan fingerprint density at radius 2 is 2.11 bits per heavy atom. The molecule has 1 aromatic rings. The maximum absolute atomic E-state index is 13.5. The highest BCUT2D eigenvalue weighted by atomic mass is 19.1. The molecule has 19 heavy (non-hydrogen) atoms. The molecule has 1 aromatic carbocycles. The van der Waals surface area contributed by atoms with E-state index in [1.54, 1.807) is 0 Å². The molecule has 0 bridgehead atoms.